The molecule has 0 fully saturated rings. The standard InChI is InChI=1S/C11H21N3O/c1-3-8-15-9-5-10(12)11-13-6-7-14(11)4-2/h6-7,10H,3-5,8-9,12H2,1-2H3. The van der Waals surface area contributed by atoms with E-state index in [-0.39, 0.29) is 6.04 Å². The topological polar surface area (TPSA) is 53.1 Å². The Balaban J connectivity index is 2.36. The normalized spacial score (nSPS) is 13.0. The van der Waals surface area contributed by atoms with Gasteiger partial charge in [0.25, 0.3) is 0 Å². The van der Waals surface area contributed by atoms with Crippen molar-refractivity contribution < 1.29 is 4.74 Å². The summed E-state index contributed by atoms with van der Waals surface area (Å²) in [6.45, 7) is 6.63. The molecule has 0 spiro atoms. The van der Waals surface area contributed by atoms with Crippen LogP contribution in [0.15, 0.2) is 12.4 Å². The number of hydrogen-bond acceptors (Lipinski definition) is 3. The van der Waals surface area contributed by atoms with Crippen LogP contribution in [0.3, 0.4) is 0 Å². The molecule has 1 aromatic heterocycles. The Morgan fingerprint density at radius 1 is 1.47 bits per heavy atom. The molecule has 0 saturated heterocycles. The van der Waals surface area contributed by atoms with Crippen LogP contribution in [0.1, 0.15) is 38.6 Å². The summed E-state index contributed by atoms with van der Waals surface area (Å²) >= 11 is 0. The van der Waals surface area contributed by atoms with Gasteiger partial charge in [-0.3, -0.25) is 0 Å². The molecule has 1 aromatic rings. The minimum absolute atomic E-state index is 0.0168. The third kappa shape index (κ3) is 3.64. The average molecular weight is 211 g/mol. The van der Waals surface area contributed by atoms with Gasteiger partial charge in [0, 0.05) is 32.2 Å². The summed E-state index contributed by atoms with van der Waals surface area (Å²) in [4.78, 5) is 4.27. The van der Waals surface area contributed by atoms with Crippen LogP contribution in [0.25, 0.3) is 0 Å². The van der Waals surface area contributed by atoms with Gasteiger partial charge in [0.1, 0.15) is 5.82 Å². The van der Waals surface area contributed by atoms with Crippen LogP contribution < -0.4 is 5.73 Å². The van der Waals surface area contributed by atoms with Crippen molar-refractivity contribution in [2.24, 2.45) is 5.73 Å². The third-order valence-corrected chi connectivity index (χ3v) is 2.34. The first-order valence-electron chi connectivity index (χ1n) is 5.63. The quantitative estimate of drug-likeness (QED) is 0.699. The molecule has 1 unspecified atom stereocenters. The Bertz CT molecular complexity index is 273. The van der Waals surface area contributed by atoms with E-state index in [9.17, 15) is 0 Å². The number of nitrogens with two attached hydrogens (primary N) is 1. The van der Waals surface area contributed by atoms with Gasteiger partial charge in [-0.1, -0.05) is 6.92 Å². The van der Waals surface area contributed by atoms with Gasteiger partial charge >= 0.3 is 0 Å². The number of hydrogen-bond donors (Lipinski definition) is 1. The minimum atomic E-state index is -0.0168. The summed E-state index contributed by atoms with van der Waals surface area (Å²) in [6.07, 6.45) is 5.64. The van der Waals surface area contributed by atoms with E-state index < -0.39 is 0 Å². The fourth-order valence-corrected chi connectivity index (χ4v) is 1.50. The van der Waals surface area contributed by atoms with Crippen LogP contribution in [0.2, 0.25) is 0 Å². The number of imidazole rings is 1. The number of nitrogens with zero attached hydrogens (tertiary/aromatic N) is 2. The molecule has 4 heteroatoms. The Hall–Kier alpha value is -0.870. The largest absolute Gasteiger partial charge is 0.381 e. The highest BCUT2D eigenvalue weighted by atomic mass is 16.5. The summed E-state index contributed by atoms with van der Waals surface area (Å²) in [5, 5.41) is 0. The molecule has 0 saturated carbocycles. The summed E-state index contributed by atoms with van der Waals surface area (Å²) < 4.78 is 7.48. The van der Waals surface area contributed by atoms with Crippen molar-refractivity contribution in [3.8, 4) is 0 Å². The first-order chi connectivity index (χ1) is 7.29. The lowest BCUT2D eigenvalue weighted by Gasteiger charge is -2.12. The molecule has 0 radical (unpaired) electrons. The van der Waals surface area contributed by atoms with E-state index in [0.29, 0.717) is 6.61 Å². The molecule has 86 valence electrons. The fourth-order valence-electron chi connectivity index (χ4n) is 1.50. The second-order valence-corrected chi connectivity index (χ2v) is 3.58. The van der Waals surface area contributed by atoms with Crippen LogP contribution in [-0.4, -0.2) is 22.8 Å². The lowest BCUT2D eigenvalue weighted by Crippen LogP contribution is -2.18. The molecular formula is C11H21N3O. The van der Waals surface area contributed by atoms with E-state index >= 15 is 0 Å². The molecule has 1 heterocycles. The van der Waals surface area contributed by atoms with Crippen molar-refractivity contribution >= 4 is 0 Å². The average Bonchev–Trinajstić information content (AvgIpc) is 2.72. The van der Waals surface area contributed by atoms with E-state index in [1.54, 1.807) is 6.20 Å². The van der Waals surface area contributed by atoms with Crippen molar-refractivity contribution in [2.75, 3.05) is 13.2 Å². The van der Waals surface area contributed by atoms with Crippen LogP contribution in [0, 0.1) is 0 Å². The maximum atomic E-state index is 6.03. The Morgan fingerprint density at radius 2 is 2.27 bits per heavy atom. The van der Waals surface area contributed by atoms with E-state index in [2.05, 4.69) is 23.4 Å². The van der Waals surface area contributed by atoms with Gasteiger partial charge in [0.15, 0.2) is 0 Å². The van der Waals surface area contributed by atoms with Gasteiger partial charge in [0.05, 0.1) is 6.04 Å². The maximum absolute atomic E-state index is 6.03. The number of aryl methyl sites for hydroxylation is 1. The van der Waals surface area contributed by atoms with Crippen molar-refractivity contribution in [2.45, 2.75) is 39.3 Å². The monoisotopic (exact) mass is 211 g/mol. The van der Waals surface area contributed by atoms with E-state index in [4.69, 9.17) is 10.5 Å². The molecule has 4 nitrogen and oxygen atoms in total. The van der Waals surface area contributed by atoms with Gasteiger partial charge in [-0.25, -0.2) is 4.98 Å². The molecule has 0 aromatic carbocycles. The first-order valence-corrected chi connectivity index (χ1v) is 5.63. The highest BCUT2D eigenvalue weighted by molar-refractivity contribution is 4.98. The predicted octanol–water partition coefficient (Wildman–Crippen LogP) is 1.72. The molecule has 2 N–H and O–H groups in total. The lowest BCUT2D eigenvalue weighted by molar-refractivity contribution is 0.127. The summed E-state index contributed by atoms with van der Waals surface area (Å²) in [7, 11) is 0. The summed E-state index contributed by atoms with van der Waals surface area (Å²) in [5.74, 6) is 0.956. The number of aromatic nitrogens is 2. The van der Waals surface area contributed by atoms with Gasteiger partial charge < -0.3 is 15.0 Å². The Labute approximate surface area is 91.4 Å². The zero-order valence-electron chi connectivity index (χ0n) is 9.65. The molecule has 0 amide bonds. The Morgan fingerprint density at radius 3 is 2.93 bits per heavy atom. The van der Waals surface area contributed by atoms with Crippen molar-refractivity contribution in [3.63, 3.8) is 0 Å². The van der Waals surface area contributed by atoms with Crippen LogP contribution >= 0.6 is 0 Å². The van der Waals surface area contributed by atoms with Crippen LogP contribution in [0.5, 0.6) is 0 Å². The highest BCUT2D eigenvalue weighted by Gasteiger charge is 2.11. The van der Waals surface area contributed by atoms with E-state index in [1.807, 2.05) is 6.20 Å². The molecule has 1 atom stereocenters. The molecule has 0 aliphatic rings. The molecule has 15 heavy (non-hydrogen) atoms. The van der Waals surface area contributed by atoms with Gasteiger partial charge in [-0.2, -0.15) is 0 Å². The minimum Gasteiger partial charge on any atom is -0.381 e. The lowest BCUT2D eigenvalue weighted by atomic mass is 10.2. The predicted molar refractivity (Wildman–Crippen MR) is 60.6 cm³/mol. The number of rotatable bonds is 7. The number of ether oxygens (including phenoxy) is 1. The second-order valence-electron chi connectivity index (χ2n) is 3.58. The summed E-state index contributed by atoms with van der Waals surface area (Å²) in [6, 6.07) is -0.0168. The van der Waals surface area contributed by atoms with Crippen molar-refractivity contribution in [3.05, 3.63) is 18.2 Å². The zero-order valence-corrected chi connectivity index (χ0v) is 9.65. The molecule has 0 aliphatic heterocycles. The summed E-state index contributed by atoms with van der Waals surface area (Å²) in [5.41, 5.74) is 6.03. The van der Waals surface area contributed by atoms with Crippen molar-refractivity contribution in [1.29, 1.82) is 0 Å². The van der Waals surface area contributed by atoms with Crippen LogP contribution in [0.4, 0.5) is 0 Å². The molecule has 1 rings (SSSR count). The third-order valence-electron chi connectivity index (χ3n) is 2.34. The molecule has 0 aliphatic carbocycles. The fraction of sp³-hybridized carbons (Fsp3) is 0.727. The first kappa shape index (κ1) is 12.2. The van der Waals surface area contributed by atoms with E-state index in [0.717, 1.165) is 31.8 Å². The molecule has 0 bridgehead atoms. The van der Waals surface area contributed by atoms with Gasteiger partial charge in [0.2, 0.25) is 0 Å². The highest BCUT2D eigenvalue weighted by Crippen LogP contribution is 2.11. The zero-order chi connectivity index (χ0) is 11.1. The van der Waals surface area contributed by atoms with Gasteiger partial charge in [-0.15, -0.1) is 0 Å². The molecular weight excluding hydrogens is 190 g/mol. The Kier molecular flexibility index (Phi) is 5.36. The van der Waals surface area contributed by atoms with Crippen LogP contribution in [-0.2, 0) is 11.3 Å². The second kappa shape index (κ2) is 6.58. The van der Waals surface area contributed by atoms with Crippen molar-refractivity contribution in [1.82, 2.24) is 9.55 Å². The smallest absolute Gasteiger partial charge is 0.125 e. The maximum Gasteiger partial charge on any atom is 0.125 e. The van der Waals surface area contributed by atoms with E-state index in [1.165, 1.54) is 0 Å². The van der Waals surface area contributed by atoms with Gasteiger partial charge in [-0.05, 0) is 19.8 Å². The SMILES string of the molecule is CCCOCCC(N)c1nccn1CC.